The van der Waals surface area contributed by atoms with Crippen molar-refractivity contribution >= 4 is 0 Å². The lowest BCUT2D eigenvalue weighted by atomic mass is 10.3. The molecule has 66 valence electrons. The van der Waals surface area contributed by atoms with Gasteiger partial charge in [0.15, 0.2) is 0 Å². The van der Waals surface area contributed by atoms with Gasteiger partial charge < -0.3 is 9.30 Å². The third-order valence-corrected chi connectivity index (χ3v) is 1.98. The number of rotatable bonds is 2. The molecule has 0 spiro atoms. The first-order valence-corrected chi connectivity index (χ1v) is 4.17. The molecular weight excluding hydrogens is 162 g/mol. The molecule has 0 aliphatic heterocycles. The van der Waals surface area contributed by atoms with Gasteiger partial charge in [0.05, 0.1) is 7.11 Å². The number of ether oxygens (including phenoxy) is 1. The van der Waals surface area contributed by atoms with E-state index in [0.717, 1.165) is 11.4 Å². The Bertz CT molecular complexity index is 361. The lowest BCUT2D eigenvalue weighted by Crippen LogP contribution is -1.89. The molecule has 2 heteroatoms. The summed E-state index contributed by atoms with van der Waals surface area (Å²) >= 11 is 0. The highest BCUT2D eigenvalue weighted by Gasteiger charge is 1.94. The van der Waals surface area contributed by atoms with E-state index in [2.05, 4.69) is 4.57 Å². The fourth-order valence-electron chi connectivity index (χ4n) is 1.26. The van der Waals surface area contributed by atoms with Gasteiger partial charge in [0.1, 0.15) is 5.75 Å². The lowest BCUT2D eigenvalue weighted by Gasteiger charge is -2.03. The highest BCUT2D eigenvalue weighted by Crippen LogP contribution is 2.14. The Morgan fingerprint density at radius 2 is 1.62 bits per heavy atom. The zero-order chi connectivity index (χ0) is 9.10. The molecule has 13 heavy (non-hydrogen) atoms. The van der Waals surface area contributed by atoms with Crippen molar-refractivity contribution in [2.24, 2.45) is 0 Å². The first-order valence-electron chi connectivity index (χ1n) is 4.17. The Balaban J connectivity index is 2.33. The predicted octanol–water partition coefficient (Wildman–Crippen LogP) is 2.49. The molecule has 1 aromatic carbocycles. The van der Waals surface area contributed by atoms with Gasteiger partial charge in [-0.25, -0.2) is 0 Å². The van der Waals surface area contributed by atoms with Crippen LogP contribution in [0.15, 0.2) is 48.8 Å². The van der Waals surface area contributed by atoms with Gasteiger partial charge >= 0.3 is 0 Å². The van der Waals surface area contributed by atoms with Crippen LogP contribution in [0.2, 0.25) is 0 Å². The van der Waals surface area contributed by atoms with Crippen LogP contribution >= 0.6 is 0 Å². The molecule has 0 radical (unpaired) electrons. The summed E-state index contributed by atoms with van der Waals surface area (Å²) in [4.78, 5) is 0. The molecule has 0 saturated carbocycles. The van der Waals surface area contributed by atoms with Crippen molar-refractivity contribution in [1.82, 2.24) is 4.57 Å². The summed E-state index contributed by atoms with van der Waals surface area (Å²) in [5.41, 5.74) is 1.14. The quantitative estimate of drug-likeness (QED) is 0.680. The molecule has 0 atom stereocenters. The normalized spacial score (nSPS) is 9.92. The maximum atomic E-state index is 5.08. The van der Waals surface area contributed by atoms with Crippen molar-refractivity contribution in [3.63, 3.8) is 0 Å². The largest absolute Gasteiger partial charge is 0.497 e. The fraction of sp³-hybridized carbons (Fsp3) is 0.0909. The third kappa shape index (κ3) is 1.56. The molecule has 0 saturated heterocycles. The molecule has 0 aliphatic carbocycles. The molecule has 0 amide bonds. The minimum atomic E-state index is 0.885. The number of aromatic nitrogens is 1. The Labute approximate surface area is 77.4 Å². The van der Waals surface area contributed by atoms with Gasteiger partial charge in [0.2, 0.25) is 0 Å². The van der Waals surface area contributed by atoms with Crippen LogP contribution in [0, 0.1) is 0 Å². The number of hydrogen-bond acceptors (Lipinski definition) is 1. The van der Waals surface area contributed by atoms with Crippen LogP contribution < -0.4 is 4.74 Å². The number of nitrogens with zero attached hydrogens (tertiary/aromatic N) is 1. The minimum absolute atomic E-state index is 0.885. The summed E-state index contributed by atoms with van der Waals surface area (Å²) in [6.07, 6.45) is 4.03. The summed E-state index contributed by atoms with van der Waals surface area (Å²) in [5, 5.41) is 0. The second-order valence-electron chi connectivity index (χ2n) is 2.79. The van der Waals surface area contributed by atoms with E-state index in [9.17, 15) is 0 Å². The van der Waals surface area contributed by atoms with E-state index in [4.69, 9.17) is 4.74 Å². The maximum Gasteiger partial charge on any atom is 0.119 e. The van der Waals surface area contributed by atoms with Crippen molar-refractivity contribution in [2.45, 2.75) is 0 Å². The Kier molecular flexibility index (Phi) is 2.04. The molecule has 2 rings (SSSR count). The van der Waals surface area contributed by atoms with E-state index in [-0.39, 0.29) is 0 Å². The maximum absolute atomic E-state index is 5.08. The van der Waals surface area contributed by atoms with Gasteiger partial charge in [-0.1, -0.05) is 0 Å². The van der Waals surface area contributed by atoms with Crippen molar-refractivity contribution in [3.05, 3.63) is 48.8 Å². The summed E-state index contributed by atoms with van der Waals surface area (Å²) in [6.45, 7) is 0. The van der Waals surface area contributed by atoms with Crippen LogP contribution in [0.4, 0.5) is 0 Å². The summed E-state index contributed by atoms with van der Waals surface area (Å²) in [5.74, 6) is 0.885. The molecule has 0 unspecified atom stereocenters. The van der Waals surface area contributed by atoms with Crippen molar-refractivity contribution in [2.75, 3.05) is 7.11 Å². The van der Waals surface area contributed by atoms with E-state index in [1.165, 1.54) is 0 Å². The highest BCUT2D eigenvalue weighted by molar-refractivity contribution is 5.37. The molecule has 0 N–H and O–H groups in total. The Morgan fingerprint density at radius 3 is 2.15 bits per heavy atom. The Hall–Kier alpha value is -1.70. The van der Waals surface area contributed by atoms with Crippen LogP contribution in [0.25, 0.3) is 5.69 Å². The summed E-state index contributed by atoms with van der Waals surface area (Å²) in [6, 6.07) is 12.0. The van der Waals surface area contributed by atoms with Crippen LogP contribution in [-0.4, -0.2) is 11.7 Å². The van der Waals surface area contributed by atoms with Crippen LogP contribution in [-0.2, 0) is 0 Å². The van der Waals surface area contributed by atoms with Crippen LogP contribution in [0.5, 0.6) is 5.75 Å². The van der Waals surface area contributed by atoms with Crippen molar-refractivity contribution < 1.29 is 4.74 Å². The van der Waals surface area contributed by atoms with E-state index in [0.29, 0.717) is 0 Å². The Morgan fingerprint density at radius 1 is 1.00 bits per heavy atom. The number of methoxy groups -OCH3 is 1. The van der Waals surface area contributed by atoms with Gasteiger partial charge in [-0.05, 0) is 36.4 Å². The molecule has 1 heterocycles. The third-order valence-electron chi connectivity index (χ3n) is 1.98. The summed E-state index contributed by atoms with van der Waals surface area (Å²) in [7, 11) is 1.67. The van der Waals surface area contributed by atoms with Crippen LogP contribution in [0.1, 0.15) is 0 Å². The molecule has 0 bridgehead atoms. The van der Waals surface area contributed by atoms with E-state index < -0.39 is 0 Å². The topological polar surface area (TPSA) is 14.2 Å². The molecule has 2 nitrogen and oxygen atoms in total. The molecule has 0 aliphatic rings. The minimum Gasteiger partial charge on any atom is -0.497 e. The second-order valence-corrected chi connectivity index (χ2v) is 2.79. The number of benzene rings is 1. The van der Waals surface area contributed by atoms with Gasteiger partial charge in [-0.15, -0.1) is 0 Å². The zero-order valence-corrected chi connectivity index (χ0v) is 7.47. The molecule has 1 aromatic heterocycles. The van der Waals surface area contributed by atoms with Crippen LogP contribution in [0.3, 0.4) is 0 Å². The smallest absolute Gasteiger partial charge is 0.119 e. The SMILES string of the molecule is COc1ccc(-n2cccc2)cc1. The van der Waals surface area contributed by atoms with Gasteiger partial charge in [0.25, 0.3) is 0 Å². The standard InChI is InChI=1S/C11H11NO/c1-13-11-6-4-10(5-7-11)12-8-2-3-9-12/h2-9H,1H3. The van der Waals surface area contributed by atoms with E-state index >= 15 is 0 Å². The fourth-order valence-corrected chi connectivity index (χ4v) is 1.26. The van der Waals surface area contributed by atoms with Gasteiger partial charge in [-0.3, -0.25) is 0 Å². The summed E-state index contributed by atoms with van der Waals surface area (Å²) < 4.78 is 7.13. The molecule has 0 fully saturated rings. The first kappa shape index (κ1) is 7.92. The predicted molar refractivity (Wildman–Crippen MR) is 52.3 cm³/mol. The average Bonchev–Trinajstić information content (AvgIpc) is 2.71. The average molecular weight is 173 g/mol. The molecular formula is C11H11NO. The van der Waals surface area contributed by atoms with Gasteiger partial charge in [-0.2, -0.15) is 0 Å². The van der Waals surface area contributed by atoms with E-state index in [1.54, 1.807) is 7.11 Å². The van der Waals surface area contributed by atoms with Gasteiger partial charge in [0, 0.05) is 18.1 Å². The second kappa shape index (κ2) is 3.35. The van der Waals surface area contributed by atoms with Crippen molar-refractivity contribution in [1.29, 1.82) is 0 Å². The first-order chi connectivity index (χ1) is 6.40. The zero-order valence-electron chi connectivity index (χ0n) is 7.47. The van der Waals surface area contributed by atoms with E-state index in [1.807, 2.05) is 48.8 Å². The number of hydrogen-bond donors (Lipinski definition) is 0. The van der Waals surface area contributed by atoms with Crippen molar-refractivity contribution in [3.8, 4) is 11.4 Å². The molecule has 2 aromatic rings. The highest BCUT2D eigenvalue weighted by atomic mass is 16.5. The monoisotopic (exact) mass is 173 g/mol. The lowest BCUT2D eigenvalue weighted by molar-refractivity contribution is 0.415.